The average molecular weight is 1160 g/mol. The third-order valence-electron chi connectivity index (χ3n) is 19.4. The van der Waals surface area contributed by atoms with Gasteiger partial charge in [-0.2, -0.15) is 0 Å². The van der Waals surface area contributed by atoms with Gasteiger partial charge in [0.15, 0.2) is 0 Å². The number of rotatable bonds is 54. The molecule has 0 heterocycles. The molecule has 0 spiro atoms. The van der Waals surface area contributed by atoms with E-state index in [1.165, 1.54) is 325 Å². The predicted molar refractivity (Wildman–Crippen MR) is 380 cm³/mol. The highest BCUT2D eigenvalue weighted by molar-refractivity contribution is 5.16. The number of nitrogens with two attached hydrogens (primary N) is 3. The van der Waals surface area contributed by atoms with Gasteiger partial charge >= 0.3 is 0 Å². The zero-order chi connectivity index (χ0) is 61.5. The van der Waals surface area contributed by atoms with E-state index in [4.69, 9.17) is 17.2 Å². The topological polar surface area (TPSA) is 78.1 Å². The second kappa shape index (κ2) is 54.7. The molecule has 0 aliphatic rings. The quantitative estimate of drug-likeness (QED) is 0.0493. The molecule has 3 nitrogen and oxygen atoms in total. The molecule has 3 heteroatoms. The van der Waals surface area contributed by atoms with Crippen LogP contribution in [0.25, 0.3) is 0 Å². The van der Waals surface area contributed by atoms with Crippen molar-refractivity contribution in [3.05, 3.63) is 108 Å². The van der Waals surface area contributed by atoms with E-state index in [-0.39, 0.29) is 16.6 Å². The molecule has 3 atom stereocenters. The van der Waals surface area contributed by atoms with Gasteiger partial charge in [-0.05, 0) is 134 Å². The number of benzene rings is 3. The molecule has 3 aromatic carbocycles. The number of aryl methyl sites for hydroxylation is 3. The first-order valence-electron chi connectivity index (χ1n) is 37.0. The molecule has 0 aromatic heterocycles. The Balaban J connectivity index is 0.000000630. The van der Waals surface area contributed by atoms with Crippen molar-refractivity contribution in [1.29, 1.82) is 0 Å². The molecule has 0 bridgehead atoms. The van der Waals surface area contributed by atoms with E-state index in [0.717, 1.165) is 0 Å². The Bertz CT molecular complexity index is 1540. The minimum Gasteiger partial charge on any atom is -0.325 e. The van der Waals surface area contributed by atoms with Crippen molar-refractivity contribution in [3.8, 4) is 0 Å². The van der Waals surface area contributed by atoms with Gasteiger partial charge in [0, 0.05) is 16.6 Å². The lowest BCUT2D eigenvalue weighted by Gasteiger charge is -2.27. The lowest BCUT2D eigenvalue weighted by atomic mass is 9.86. The van der Waals surface area contributed by atoms with Crippen LogP contribution in [0.5, 0.6) is 0 Å². The van der Waals surface area contributed by atoms with Crippen LogP contribution in [0.4, 0.5) is 0 Å². The first kappa shape index (κ1) is 79.6. The number of unbranched alkanes of at least 4 members (excludes halogenated alkanes) is 39. The SMILES string of the molecule is CC(CCCCCCCCCCCCCCCCc1ccccc1)C(C)(C)N.CC(CCCCCCCCCCCCCCCCc1ccccc1)C(C)(C)N.CC(CCCCCCCCCCCCCCCCc1ccccc1)C(C)(C)N. The van der Waals surface area contributed by atoms with Crippen LogP contribution in [0.2, 0.25) is 0 Å². The van der Waals surface area contributed by atoms with Crippen LogP contribution in [0.3, 0.4) is 0 Å². The molecule has 0 aliphatic carbocycles. The molecule has 3 rings (SSSR count). The fourth-order valence-electron chi connectivity index (χ4n) is 11.8. The number of hydrogen-bond donors (Lipinski definition) is 3. The van der Waals surface area contributed by atoms with Crippen molar-refractivity contribution in [2.45, 2.75) is 387 Å². The summed E-state index contributed by atoms with van der Waals surface area (Å²) < 4.78 is 0. The highest BCUT2D eigenvalue weighted by atomic mass is 14.7. The van der Waals surface area contributed by atoms with E-state index in [0.29, 0.717) is 17.8 Å². The Kier molecular flexibility index (Phi) is 51.8. The van der Waals surface area contributed by atoms with Gasteiger partial charge in [0.1, 0.15) is 0 Å². The second-order valence-corrected chi connectivity index (χ2v) is 29.1. The van der Waals surface area contributed by atoms with Gasteiger partial charge < -0.3 is 17.2 Å². The summed E-state index contributed by atoms with van der Waals surface area (Å²) in [4.78, 5) is 0. The van der Waals surface area contributed by atoms with Crippen molar-refractivity contribution < 1.29 is 0 Å². The molecular weight excluding hydrogens is 1010 g/mol. The van der Waals surface area contributed by atoms with Crippen LogP contribution in [0, 0.1) is 17.8 Å². The van der Waals surface area contributed by atoms with Gasteiger partial charge in [-0.25, -0.2) is 0 Å². The van der Waals surface area contributed by atoms with Crippen LogP contribution in [-0.2, 0) is 19.3 Å². The predicted octanol–water partition coefficient (Wildman–Crippen LogP) is 25.4. The summed E-state index contributed by atoms with van der Waals surface area (Å²) in [7, 11) is 0. The van der Waals surface area contributed by atoms with E-state index < -0.39 is 0 Å². The first-order valence-corrected chi connectivity index (χ1v) is 37.0. The maximum atomic E-state index is 6.16. The third-order valence-corrected chi connectivity index (χ3v) is 19.4. The molecular formula is C81H147N3. The third kappa shape index (κ3) is 52.6. The van der Waals surface area contributed by atoms with Crippen molar-refractivity contribution >= 4 is 0 Å². The lowest BCUT2D eigenvalue weighted by Crippen LogP contribution is -2.39. The van der Waals surface area contributed by atoms with Gasteiger partial charge in [0.25, 0.3) is 0 Å². The molecule has 3 unspecified atom stereocenters. The van der Waals surface area contributed by atoms with Gasteiger partial charge in [0.05, 0.1) is 0 Å². The van der Waals surface area contributed by atoms with Crippen molar-refractivity contribution in [1.82, 2.24) is 0 Å². The van der Waals surface area contributed by atoms with Crippen LogP contribution in [0.15, 0.2) is 91.0 Å². The van der Waals surface area contributed by atoms with Gasteiger partial charge in [-0.1, -0.05) is 362 Å². The highest BCUT2D eigenvalue weighted by Gasteiger charge is 2.21. The number of hydrogen-bond acceptors (Lipinski definition) is 3. The second-order valence-electron chi connectivity index (χ2n) is 29.1. The maximum Gasteiger partial charge on any atom is 0.0123 e. The Labute approximate surface area is 527 Å². The summed E-state index contributed by atoms with van der Waals surface area (Å²) >= 11 is 0. The Hall–Kier alpha value is -2.46. The normalized spacial score (nSPS) is 13.0. The summed E-state index contributed by atoms with van der Waals surface area (Å²) in [6.07, 6.45) is 67.3. The standard InChI is InChI=1S/3C27H49N/c3*1-25(27(2,3)28)21-17-14-12-10-8-6-4-5-7-9-11-13-15-18-22-26-23-19-16-20-24-26/h3*16,19-20,23-25H,4-15,17-18,21-22,28H2,1-3H3. The van der Waals surface area contributed by atoms with Crippen molar-refractivity contribution in [2.75, 3.05) is 0 Å². The molecule has 0 saturated heterocycles. The monoisotopic (exact) mass is 1160 g/mol. The fraction of sp³-hybridized carbons (Fsp3) is 0.778. The molecule has 0 saturated carbocycles. The zero-order valence-electron chi connectivity index (χ0n) is 58.1. The van der Waals surface area contributed by atoms with Gasteiger partial charge in [-0.3, -0.25) is 0 Å². The molecule has 0 amide bonds. The van der Waals surface area contributed by atoms with Crippen molar-refractivity contribution in [2.24, 2.45) is 35.0 Å². The van der Waals surface area contributed by atoms with Crippen molar-refractivity contribution in [3.63, 3.8) is 0 Å². The summed E-state index contributed by atoms with van der Waals surface area (Å²) in [6, 6.07) is 32.8. The Morgan fingerprint density at radius 2 is 0.345 bits per heavy atom. The van der Waals surface area contributed by atoms with E-state index >= 15 is 0 Å². The highest BCUT2D eigenvalue weighted by Crippen LogP contribution is 2.24. The minimum absolute atomic E-state index is 0.0117. The minimum atomic E-state index is -0.0117. The summed E-state index contributed by atoms with van der Waals surface area (Å²) in [5, 5.41) is 0. The maximum absolute atomic E-state index is 6.16. The van der Waals surface area contributed by atoms with Gasteiger partial charge in [-0.15, -0.1) is 0 Å². The molecule has 3 aromatic rings. The van der Waals surface area contributed by atoms with E-state index in [2.05, 4.69) is 153 Å². The van der Waals surface area contributed by atoms with Gasteiger partial charge in [0.2, 0.25) is 0 Å². The molecule has 486 valence electrons. The van der Waals surface area contributed by atoms with Crippen LogP contribution >= 0.6 is 0 Å². The average Bonchev–Trinajstić information content (AvgIpc) is 3.48. The largest absolute Gasteiger partial charge is 0.325 e. The van der Waals surface area contributed by atoms with Crippen LogP contribution < -0.4 is 17.2 Å². The summed E-state index contributed by atoms with van der Waals surface area (Å²) in [5.41, 5.74) is 22.9. The Morgan fingerprint density at radius 3 is 0.488 bits per heavy atom. The first-order chi connectivity index (χ1) is 40.5. The molecule has 0 radical (unpaired) electrons. The molecule has 0 aliphatic heterocycles. The zero-order valence-corrected chi connectivity index (χ0v) is 58.1. The smallest absolute Gasteiger partial charge is 0.0123 e. The van der Waals surface area contributed by atoms with E-state index in [1.807, 2.05) is 0 Å². The van der Waals surface area contributed by atoms with E-state index in [9.17, 15) is 0 Å². The van der Waals surface area contributed by atoms with Crippen LogP contribution in [-0.4, -0.2) is 16.6 Å². The molecule has 0 fully saturated rings. The summed E-state index contributed by atoms with van der Waals surface area (Å²) in [6.45, 7) is 19.8. The summed E-state index contributed by atoms with van der Waals surface area (Å²) in [5.74, 6) is 1.91. The Morgan fingerprint density at radius 1 is 0.214 bits per heavy atom. The molecule has 84 heavy (non-hydrogen) atoms. The van der Waals surface area contributed by atoms with Crippen LogP contribution in [0.1, 0.15) is 368 Å². The fourth-order valence-corrected chi connectivity index (χ4v) is 11.8. The van der Waals surface area contributed by atoms with E-state index in [1.54, 1.807) is 0 Å². The molecule has 6 N–H and O–H groups in total. The lowest BCUT2D eigenvalue weighted by molar-refractivity contribution is 0.316.